The van der Waals surface area contributed by atoms with Crippen LogP contribution in [0.4, 0.5) is 5.69 Å². The number of benzene rings is 2. The number of hydrogen-bond donors (Lipinski definition) is 1. The highest BCUT2D eigenvalue weighted by atomic mass is 79.9. The van der Waals surface area contributed by atoms with Crippen molar-refractivity contribution in [2.24, 2.45) is 5.10 Å². The molecule has 1 heterocycles. The Morgan fingerprint density at radius 3 is 2.86 bits per heavy atom. The number of fused-ring (bicyclic) bond motifs is 1. The number of para-hydroxylation sites is 1. The Bertz CT molecular complexity index is 828. The van der Waals surface area contributed by atoms with E-state index in [9.17, 15) is 0 Å². The van der Waals surface area contributed by atoms with E-state index < -0.39 is 0 Å². The molecule has 1 aromatic heterocycles. The summed E-state index contributed by atoms with van der Waals surface area (Å²) in [6.07, 6.45) is 3.53. The number of nitrogens with zero attached hydrogens (tertiary/aromatic N) is 2. The molecule has 5 heteroatoms. The van der Waals surface area contributed by atoms with Crippen LogP contribution < -0.4 is 10.2 Å². The van der Waals surface area contributed by atoms with Crippen LogP contribution >= 0.6 is 15.9 Å². The zero-order chi connectivity index (χ0) is 15.4. The van der Waals surface area contributed by atoms with Gasteiger partial charge in [-0.3, -0.25) is 10.4 Å². The van der Waals surface area contributed by atoms with Crippen LogP contribution in [0, 0.1) is 0 Å². The molecular formula is C17H14BrN3O. The van der Waals surface area contributed by atoms with Crippen molar-refractivity contribution in [3.63, 3.8) is 0 Å². The molecule has 110 valence electrons. The largest absolute Gasteiger partial charge is 0.496 e. The fourth-order valence-corrected chi connectivity index (χ4v) is 2.69. The average Bonchev–Trinajstić information content (AvgIpc) is 2.55. The molecule has 0 spiro atoms. The van der Waals surface area contributed by atoms with Crippen LogP contribution in [0.1, 0.15) is 5.56 Å². The molecule has 0 fully saturated rings. The van der Waals surface area contributed by atoms with Crippen LogP contribution in [0.5, 0.6) is 5.75 Å². The minimum Gasteiger partial charge on any atom is -0.496 e. The van der Waals surface area contributed by atoms with Gasteiger partial charge in [-0.25, -0.2) is 0 Å². The average molecular weight is 356 g/mol. The monoisotopic (exact) mass is 355 g/mol. The molecule has 0 bridgehead atoms. The van der Waals surface area contributed by atoms with Gasteiger partial charge in [0.1, 0.15) is 5.75 Å². The van der Waals surface area contributed by atoms with E-state index >= 15 is 0 Å². The standard InChI is InChI=1S/C17H14BrN3O/c1-22-16-8-7-12(10-14(16)18)11-20-21-15-6-2-4-13-5-3-9-19-17(13)15/h2-11,21H,1H3/b20-11-. The topological polar surface area (TPSA) is 46.5 Å². The second-order valence-electron chi connectivity index (χ2n) is 4.64. The van der Waals surface area contributed by atoms with Crippen LogP contribution in [-0.2, 0) is 0 Å². The molecule has 0 radical (unpaired) electrons. The molecule has 0 saturated heterocycles. The third kappa shape index (κ3) is 3.09. The first-order valence-corrected chi connectivity index (χ1v) is 7.53. The van der Waals surface area contributed by atoms with Crippen molar-refractivity contribution in [3.8, 4) is 5.75 Å². The molecule has 0 saturated carbocycles. The Kier molecular flexibility index (Phi) is 4.34. The van der Waals surface area contributed by atoms with E-state index in [1.54, 1.807) is 19.5 Å². The molecular weight excluding hydrogens is 342 g/mol. The van der Waals surface area contributed by atoms with E-state index in [4.69, 9.17) is 4.74 Å². The number of nitrogens with one attached hydrogen (secondary N) is 1. The van der Waals surface area contributed by atoms with Gasteiger partial charge in [0.05, 0.1) is 29.0 Å². The second kappa shape index (κ2) is 6.58. The van der Waals surface area contributed by atoms with E-state index in [-0.39, 0.29) is 0 Å². The van der Waals surface area contributed by atoms with Gasteiger partial charge in [0.25, 0.3) is 0 Å². The van der Waals surface area contributed by atoms with Gasteiger partial charge in [-0.2, -0.15) is 5.10 Å². The second-order valence-corrected chi connectivity index (χ2v) is 5.50. The Hall–Kier alpha value is -2.40. The number of aromatic nitrogens is 1. The summed E-state index contributed by atoms with van der Waals surface area (Å²) in [6, 6.07) is 15.7. The predicted molar refractivity (Wildman–Crippen MR) is 93.7 cm³/mol. The lowest BCUT2D eigenvalue weighted by molar-refractivity contribution is 0.412. The van der Waals surface area contributed by atoms with Gasteiger partial charge in [0, 0.05) is 11.6 Å². The van der Waals surface area contributed by atoms with Gasteiger partial charge >= 0.3 is 0 Å². The number of methoxy groups -OCH3 is 1. The van der Waals surface area contributed by atoms with Crippen molar-refractivity contribution >= 4 is 38.7 Å². The number of pyridine rings is 1. The minimum absolute atomic E-state index is 0.795. The Balaban J connectivity index is 1.80. The highest BCUT2D eigenvalue weighted by molar-refractivity contribution is 9.10. The maximum Gasteiger partial charge on any atom is 0.133 e. The minimum atomic E-state index is 0.795. The van der Waals surface area contributed by atoms with Crippen LogP contribution in [0.2, 0.25) is 0 Å². The van der Waals surface area contributed by atoms with Crippen LogP contribution in [-0.4, -0.2) is 18.3 Å². The van der Waals surface area contributed by atoms with Gasteiger partial charge in [0.2, 0.25) is 0 Å². The van der Waals surface area contributed by atoms with Crippen LogP contribution in [0.15, 0.2) is 64.3 Å². The molecule has 2 aromatic carbocycles. The van der Waals surface area contributed by atoms with Gasteiger partial charge in [0.15, 0.2) is 0 Å². The Morgan fingerprint density at radius 1 is 1.18 bits per heavy atom. The zero-order valence-electron chi connectivity index (χ0n) is 12.0. The van der Waals surface area contributed by atoms with Crippen molar-refractivity contribution in [1.29, 1.82) is 0 Å². The fourth-order valence-electron chi connectivity index (χ4n) is 2.13. The normalized spacial score (nSPS) is 11.0. The number of rotatable bonds is 4. The highest BCUT2D eigenvalue weighted by Crippen LogP contribution is 2.25. The van der Waals surface area contributed by atoms with Crippen molar-refractivity contribution < 1.29 is 4.74 Å². The number of halogens is 1. The first-order chi connectivity index (χ1) is 10.8. The van der Waals surface area contributed by atoms with Crippen molar-refractivity contribution in [3.05, 3.63) is 64.8 Å². The summed E-state index contributed by atoms with van der Waals surface area (Å²) < 4.78 is 6.10. The first kappa shape index (κ1) is 14.5. The van der Waals surface area contributed by atoms with Gasteiger partial charge in [-0.1, -0.05) is 18.2 Å². The van der Waals surface area contributed by atoms with Gasteiger partial charge < -0.3 is 4.74 Å². The lowest BCUT2D eigenvalue weighted by Crippen LogP contribution is -1.93. The number of hydrazone groups is 1. The maximum atomic E-state index is 5.21. The Morgan fingerprint density at radius 2 is 2.05 bits per heavy atom. The van der Waals surface area contributed by atoms with Crippen molar-refractivity contribution in [1.82, 2.24) is 4.98 Å². The third-order valence-corrected chi connectivity index (χ3v) is 3.83. The molecule has 4 nitrogen and oxygen atoms in total. The van der Waals surface area contributed by atoms with Gasteiger partial charge in [-0.05, 0) is 51.8 Å². The number of anilines is 1. The van der Waals surface area contributed by atoms with E-state index in [2.05, 4.69) is 31.4 Å². The zero-order valence-corrected chi connectivity index (χ0v) is 13.5. The summed E-state index contributed by atoms with van der Waals surface area (Å²) in [4.78, 5) is 4.38. The summed E-state index contributed by atoms with van der Waals surface area (Å²) >= 11 is 3.46. The molecule has 0 aliphatic heterocycles. The smallest absolute Gasteiger partial charge is 0.133 e. The van der Waals surface area contributed by atoms with Gasteiger partial charge in [-0.15, -0.1) is 0 Å². The lowest BCUT2D eigenvalue weighted by atomic mass is 10.2. The highest BCUT2D eigenvalue weighted by Gasteiger charge is 2.01. The molecule has 3 aromatic rings. The van der Waals surface area contributed by atoms with E-state index in [0.717, 1.165) is 32.4 Å². The van der Waals surface area contributed by atoms with Crippen LogP contribution in [0.3, 0.4) is 0 Å². The summed E-state index contributed by atoms with van der Waals surface area (Å²) in [7, 11) is 1.64. The van der Waals surface area contributed by atoms with E-state index in [1.165, 1.54) is 0 Å². The lowest BCUT2D eigenvalue weighted by Gasteiger charge is -2.05. The molecule has 3 rings (SSSR count). The van der Waals surface area contributed by atoms with Crippen molar-refractivity contribution in [2.45, 2.75) is 0 Å². The molecule has 1 N–H and O–H groups in total. The predicted octanol–water partition coefficient (Wildman–Crippen LogP) is 4.45. The third-order valence-electron chi connectivity index (χ3n) is 3.21. The summed E-state index contributed by atoms with van der Waals surface area (Å²) in [5, 5.41) is 5.36. The van der Waals surface area contributed by atoms with E-state index in [1.807, 2.05) is 48.5 Å². The molecule has 0 atom stereocenters. The summed E-state index contributed by atoms with van der Waals surface area (Å²) in [5.74, 6) is 0.795. The maximum absolute atomic E-state index is 5.21. The fraction of sp³-hybridized carbons (Fsp3) is 0.0588. The molecule has 22 heavy (non-hydrogen) atoms. The Labute approximate surface area is 137 Å². The molecule has 0 aliphatic rings. The van der Waals surface area contributed by atoms with Crippen LogP contribution in [0.25, 0.3) is 10.9 Å². The summed E-state index contributed by atoms with van der Waals surface area (Å²) in [6.45, 7) is 0. The van der Waals surface area contributed by atoms with E-state index in [0.29, 0.717) is 0 Å². The number of hydrogen-bond acceptors (Lipinski definition) is 4. The first-order valence-electron chi connectivity index (χ1n) is 6.74. The molecule has 0 amide bonds. The molecule has 0 aliphatic carbocycles. The summed E-state index contributed by atoms with van der Waals surface area (Å²) in [5.41, 5.74) is 5.79. The SMILES string of the molecule is COc1ccc(/C=N\Nc2cccc3cccnc23)cc1Br. The quantitative estimate of drug-likeness (QED) is 0.555. The number of ether oxygens (including phenoxy) is 1. The molecule has 0 unspecified atom stereocenters. The van der Waals surface area contributed by atoms with Crippen molar-refractivity contribution in [2.75, 3.05) is 12.5 Å².